The van der Waals surface area contributed by atoms with E-state index in [1.807, 2.05) is 24.6 Å². The molecule has 1 aliphatic carbocycles. The molecule has 0 spiro atoms. The Kier molecular flexibility index (Phi) is 7.84. The van der Waals surface area contributed by atoms with E-state index >= 15 is 0 Å². The van der Waals surface area contributed by atoms with E-state index in [1.165, 1.54) is 0 Å². The third-order valence-electron chi connectivity index (χ3n) is 7.18. The molecular weight excluding hydrogens is 406 g/mol. The van der Waals surface area contributed by atoms with Crippen LogP contribution in [0.4, 0.5) is 0 Å². The molecule has 0 aromatic carbocycles. The van der Waals surface area contributed by atoms with Gasteiger partial charge in [-0.15, -0.1) is 0 Å². The highest BCUT2D eigenvalue weighted by Gasteiger charge is 2.37. The summed E-state index contributed by atoms with van der Waals surface area (Å²) in [4.78, 5) is 29.5. The second-order valence-electron chi connectivity index (χ2n) is 9.66. The van der Waals surface area contributed by atoms with E-state index in [-0.39, 0.29) is 5.91 Å². The van der Waals surface area contributed by atoms with Gasteiger partial charge in [0.05, 0.1) is 5.69 Å². The van der Waals surface area contributed by atoms with Crippen molar-refractivity contribution in [2.45, 2.75) is 77.4 Å². The van der Waals surface area contributed by atoms with Crippen molar-refractivity contribution in [1.29, 1.82) is 0 Å². The molecule has 2 amide bonds. The summed E-state index contributed by atoms with van der Waals surface area (Å²) in [6.45, 7) is 9.50. The van der Waals surface area contributed by atoms with Crippen LogP contribution in [-0.2, 0) is 20.9 Å². The Morgan fingerprint density at radius 2 is 1.78 bits per heavy atom. The average molecular weight is 446 g/mol. The maximum atomic E-state index is 12.4. The fourth-order valence-corrected chi connectivity index (χ4v) is 5.21. The summed E-state index contributed by atoms with van der Waals surface area (Å²) >= 11 is 0. The van der Waals surface area contributed by atoms with E-state index in [0.29, 0.717) is 43.4 Å². The minimum atomic E-state index is 0.0781. The largest absolute Gasteiger partial charge is 0.381 e. The first-order valence-corrected chi connectivity index (χ1v) is 12.4. The van der Waals surface area contributed by atoms with Gasteiger partial charge in [-0.2, -0.15) is 5.10 Å². The Labute approximate surface area is 191 Å². The van der Waals surface area contributed by atoms with Crippen LogP contribution in [0.2, 0.25) is 0 Å². The molecule has 1 aromatic rings. The van der Waals surface area contributed by atoms with Gasteiger partial charge in [0.1, 0.15) is 0 Å². The van der Waals surface area contributed by atoms with Crippen molar-refractivity contribution >= 4 is 11.8 Å². The zero-order valence-corrected chi connectivity index (χ0v) is 19.7. The molecule has 4 rings (SSSR count). The number of amides is 2. The second-order valence-corrected chi connectivity index (χ2v) is 9.66. The van der Waals surface area contributed by atoms with Crippen molar-refractivity contribution in [2.75, 3.05) is 39.4 Å². The molecular formula is C24H39N5O3. The number of likely N-dealkylation sites (tertiary alicyclic amines) is 1. The molecule has 0 atom stereocenters. The van der Waals surface area contributed by atoms with Gasteiger partial charge >= 0.3 is 0 Å². The zero-order valence-electron chi connectivity index (χ0n) is 19.7. The van der Waals surface area contributed by atoms with E-state index in [9.17, 15) is 9.59 Å². The Hall–Kier alpha value is -1.93. The quantitative estimate of drug-likeness (QED) is 0.628. The van der Waals surface area contributed by atoms with Crippen LogP contribution >= 0.6 is 0 Å². The van der Waals surface area contributed by atoms with Gasteiger partial charge in [0, 0.05) is 76.1 Å². The van der Waals surface area contributed by atoms with E-state index in [4.69, 9.17) is 4.74 Å². The van der Waals surface area contributed by atoms with Gasteiger partial charge in [0.2, 0.25) is 11.8 Å². The highest BCUT2D eigenvalue weighted by molar-refractivity contribution is 5.81. The van der Waals surface area contributed by atoms with Gasteiger partial charge in [-0.1, -0.05) is 0 Å². The highest BCUT2D eigenvalue weighted by Crippen LogP contribution is 2.32. The Morgan fingerprint density at radius 3 is 2.41 bits per heavy atom. The van der Waals surface area contributed by atoms with Gasteiger partial charge in [-0.3, -0.25) is 19.2 Å². The van der Waals surface area contributed by atoms with Gasteiger partial charge < -0.3 is 15.0 Å². The second kappa shape index (κ2) is 10.8. The third-order valence-corrected chi connectivity index (χ3v) is 7.18. The van der Waals surface area contributed by atoms with Crippen molar-refractivity contribution in [2.24, 2.45) is 5.92 Å². The van der Waals surface area contributed by atoms with Crippen LogP contribution in [0, 0.1) is 19.8 Å². The topological polar surface area (TPSA) is 79.7 Å². The molecule has 8 heteroatoms. The number of nitrogens with zero attached hydrogens (tertiary/aromatic N) is 4. The normalized spacial score (nSPS) is 20.7. The van der Waals surface area contributed by atoms with Gasteiger partial charge in [0.15, 0.2) is 0 Å². The summed E-state index contributed by atoms with van der Waals surface area (Å²) in [5, 5.41) is 7.56. The van der Waals surface area contributed by atoms with Crippen LogP contribution < -0.4 is 5.32 Å². The smallest absolute Gasteiger partial charge is 0.225 e. The maximum absolute atomic E-state index is 12.4. The lowest BCUT2D eigenvalue weighted by atomic mass is 9.97. The molecule has 32 heavy (non-hydrogen) atoms. The first-order chi connectivity index (χ1) is 15.5. The Morgan fingerprint density at radius 1 is 1.09 bits per heavy atom. The van der Waals surface area contributed by atoms with Crippen LogP contribution in [-0.4, -0.2) is 82.9 Å². The van der Waals surface area contributed by atoms with Crippen molar-refractivity contribution in [3.63, 3.8) is 0 Å². The molecule has 3 heterocycles. The van der Waals surface area contributed by atoms with Crippen molar-refractivity contribution in [3.8, 4) is 0 Å². The SMILES string of the molecule is Cc1cc(C)n(CCC(=O)NCCN(C2CCOCC2)C2CCN(C(=O)C3CC3)CC2)n1. The molecule has 1 aromatic heterocycles. The highest BCUT2D eigenvalue weighted by atomic mass is 16.5. The minimum Gasteiger partial charge on any atom is -0.381 e. The van der Waals surface area contributed by atoms with Gasteiger partial charge in [-0.25, -0.2) is 0 Å². The standard InChI is InChI=1S/C24H39N5O3/c1-18-17-19(2)29(26-18)13-7-23(30)25-10-14-28(22-8-15-32-16-9-22)21-5-11-27(12-6-21)24(31)20-3-4-20/h17,20-22H,3-16H2,1-2H3,(H,25,30). The number of carbonyl (C=O) groups excluding carboxylic acids is 2. The first kappa shape index (κ1) is 23.2. The summed E-state index contributed by atoms with van der Waals surface area (Å²) in [5.74, 6) is 0.757. The number of aryl methyl sites for hydroxylation is 3. The van der Waals surface area contributed by atoms with E-state index in [1.54, 1.807) is 0 Å². The number of ether oxygens (including phenoxy) is 1. The molecule has 2 aliphatic heterocycles. The molecule has 2 saturated heterocycles. The maximum Gasteiger partial charge on any atom is 0.225 e. The number of carbonyl (C=O) groups is 2. The van der Waals surface area contributed by atoms with Crippen LogP contribution in [0.5, 0.6) is 0 Å². The number of rotatable bonds is 9. The van der Waals surface area contributed by atoms with E-state index < -0.39 is 0 Å². The monoisotopic (exact) mass is 445 g/mol. The van der Waals surface area contributed by atoms with Crippen LogP contribution in [0.3, 0.4) is 0 Å². The number of hydrogen-bond acceptors (Lipinski definition) is 5. The minimum absolute atomic E-state index is 0.0781. The van der Waals surface area contributed by atoms with Gasteiger partial charge in [-0.05, 0) is 58.4 Å². The van der Waals surface area contributed by atoms with Crippen molar-refractivity contribution < 1.29 is 14.3 Å². The van der Waals surface area contributed by atoms with E-state index in [0.717, 1.165) is 82.8 Å². The molecule has 178 valence electrons. The summed E-state index contributed by atoms with van der Waals surface area (Å²) in [5.41, 5.74) is 2.08. The third kappa shape index (κ3) is 6.10. The van der Waals surface area contributed by atoms with Crippen LogP contribution in [0.1, 0.15) is 56.3 Å². The number of piperidine rings is 1. The van der Waals surface area contributed by atoms with Crippen molar-refractivity contribution in [3.05, 3.63) is 17.5 Å². The fraction of sp³-hybridized carbons (Fsp3) is 0.792. The first-order valence-electron chi connectivity index (χ1n) is 12.4. The molecule has 0 bridgehead atoms. The summed E-state index contributed by atoms with van der Waals surface area (Å²) < 4.78 is 7.49. The number of hydrogen-bond donors (Lipinski definition) is 1. The lowest BCUT2D eigenvalue weighted by Crippen LogP contribution is -2.53. The number of nitrogens with one attached hydrogen (secondary N) is 1. The van der Waals surface area contributed by atoms with Crippen molar-refractivity contribution in [1.82, 2.24) is 24.9 Å². The summed E-state index contributed by atoms with van der Waals surface area (Å²) in [6.07, 6.45) is 6.75. The molecule has 0 unspecified atom stereocenters. The Bertz CT molecular complexity index is 777. The average Bonchev–Trinajstić information content (AvgIpc) is 3.60. The predicted molar refractivity (Wildman–Crippen MR) is 122 cm³/mol. The summed E-state index contributed by atoms with van der Waals surface area (Å²) in [7, 11) is 0. The summed E-state index contributed by atoms with van der Waals surface area (Å²) in [6, 6.07) is 3.02. The zero-order chi connectivity index (χ0) is 22.5. The van der Waals surface area contributed by atoms with Crippen LogP contribution in [0.15, 0.2) is 6.07 Å². The van der Waals surface area contributed by atoms with E-state index in [2.05, 4.69) is 20.2 Å². The molecule has 1 N–H and O–H groups in total. The lowest BCUT2D eigenvalue weighted by molar-refractivity contribution is -0.134. The molecule has 8 nitrogen and oxygen atoms in total. The fourth-order valence-electron chi connectivity index (χ4n) is 5.21. The molecule has 3 fully saturated rings. The molecule has 1 saturated carbocycles. The number of aromatic nitrogens is 2. The molecule has 0 radical (unpaired) electrons. The Balaban J connectivity index is 1.25. The molecule has 3 aliphatic rings. The predicted octanol–water partition coefficient (Wildman–Crippen LogP) is 1.89. The van der Waals surface area contributed by atoms with Crippen LogP contribution in [0.25, 0.3) is 0 Å². The lowest BCUT2D eigenvalue weighted by Gasteiger charge is -2.43. The van der Waals surface area contributed by atoms with Gasteiger partial charge in [0.25, 0.3) is 0 Å².